The minimum absolute atomic E-state index is 0.128. The average Bonchev–Trinajstić information content (AvgIpc) is 2.69. The first-order chi connectivity index (χ1) is 13.8. The Balaban J connectivity index is 2.18. The fourth-order valence-electron chi connectivity index (χ4n) is 2.82. The Morgan fingerprint density at radius 3 is 2.28 bits per heavy atom. The second kappa shape index (κ2) is 10.3. The largest absolute Gasteiger partial charge is 0.494 e. The first kappa shape index (κ1) is 22.7. The smallest absolute Gasteiger partial charge is 0.243 e. The maximum atomic E-state index is 13.0. The molecule has 0 aliphatic heterocycles. The molecule has 0 atom stereocenters. The predicted molar refractivity (Wildman–Crippen MR) is 113 cm³/mol. The van der Waals surface area contributed by atoms with Gasteiger partial charge < -0.3 is 14.8 Å². The van der Waals surface area contributed by atoms with Crippen LogP contribution in [0.3, 0.4) is 0 Å². The normalized spacial score (nSPS) is 11.3. The molecule has 1 N–H and O–H groups in total. The van der Waals surface area contributed by atoms with E-state index >= 15 is 0 Å². The van der Waals surface area contributed by atoms with Crippen molar-refractivity contribution in [2.45, 2.75) is 32.6 Å². The van der Waals surface area contributed by atoms with E-state index in [1.807, 2.05) is 13.8 Å². The number of anilines is 1. The van der Waals surface area contributed by atoms with Crippen LogP contribution in [0.15, 0.2) is 47.4 Å². The second-order valence-electron chi connectivity index (χ2n) is 6.27. The number of hydrogen-bond acceptors (Lipinski definition) is 5. The first-order valence-corrected chi connectivity index (χ1v) is 11.0. The van der Waals surface area contributed by atoms with Crippen molar-refractivity contribution in [3.8, 4) is 11.5 Å². The molecule has 2 aromatic carbocycles. The van der Waals surface area contributed by atoms with Crippen molar-refractivity contribution < 1.29 is 22.7 Å². The van der Waals surface area contributed by atoms with E-state index in [4.69, 9.17) is 9.47 Å². The molecule has 0 radical (unpaired) electrons. The van der Waals surface area contributed by atoms with Crippen molar-refractivity contribution in [2.75, 3.05) is 31.6 Å². The van der Waals surface area contributed by atoms with Crippen LogP contribution in [0.1, 0.15) is 26.3 Å². The zero-order valence-corrected chi connectivity index (χ0v) is 18.1. The van der Waals surface area contributed by atoms with Crippen LogP contribution in [0.5, 0.6) is 11.5 Å². The molecule has 0 saturated carbocycles. The van der Waals surface area contributed by atoms with E-state index in [1.165, 1.54) is 6.07 Å². The van der Waals surface area contributed by atoms with Gasteiger partial charge in [-0.1, -0.05) is 19.1 Å². The van der Waals surface area contributed by atoms with Gasteiger partial charge in [-0.05, 0) is 56.7 Å². The molecule has 0 heterocycles. The fourth-order valence-corrected chi connectivity index (χ4v) is 4.31. The summed E-state index contributed by atoms with van der Waals surface area (Å²) in [4.78, 5) is 12.7. The number of ether oxygens (including phenoxy) is 2. The van der Waals surface area contributed by atoms with Crippen molar-refractivity contribution in [3.63, 3.8) is 0 Å². The molecule has 0 aliphatic carbocycles. The van der Waals surface area contributed by atoms with E-state index in [2.05, 4.69) is 5.32 Å². The third-order valence-corrected chi connectivity index (χ3v) is 6.13. The highest BCUT2D eigenvalue weighted by Crippen LogP contribution is 2.25. The van der Waals surface area contributed by atoms with E-state index < -0.39 is 15.9 Å². The van der Waals surface area contributed by atoms with Crippen LogP contribution in [0.4, 0.5) is 5.69 Å². The van der Waals surface area contributed by atoms with E-state index in [0.29, 0.717) is 30.4 Å². The van der Waals surface area contributed by atoms with Crippen LogP contribution in [-0.2, 0) is 14.8 Å². The Labute approximate surface area is 172 Å². The number of para-hydroxylation sites is 2. The van der Waals surface area contributed by atoms with Gasteiger partial charge in [0.05, 0.1) is 30.3 Å². The monoisotopic (exact) mass is 420 g/mol. The Hall–Kier alpha value is -2.58. The number of carbonyl (C=O) groups excluding carboxylic acids is 1. The fraction of sp³-hybridized carbons (Fsp3) is 0.381. The first-order valence-electron chi connectivity index (χ1n) is 9.58. The van der Waals surface area contributed by atoms with Crippen LogP contribution in [0, 0.1) is 6.92 Å². The Morgan fingerprint density at radius 2 is 1.66 bits per heavy atom. The highest BCUT2D eigenvalue weighted by atomic mass is 32.2. The Morgan fingerprint density at radius 1 is 1.00 bits per heavy atom. The molecule has 0 unspecified atom stereocenters. The van der Waals surface area contributed by atoms with E-state index in [9.17, 15) is 13.2 Å². The summed E-state index contributed by atoms with van der Waals surface area (Å²) in [6, 6.07) is 11.7. The Kier molecular flexibility index (Phi) is 8.04. The number of rotatable bonds is 10. The molecule has 0 spiro atoms. The number of benzene rings is 2. The number of nitrogens with one attached hydrogen (secondary N) is 1. The number of likely N-dealkylation sites (N-methyl/N-ethyl adjacent to an activating group) is 1. The van der Waals surface area contributed by atoms with E-state index in [1.54, 1.807) is 50.2 Å². The molecule has 0 fully saturated rings. The van der Waals surface area contributed by atoms with E-state index in [0.717, 1.165) is 9.87 Å². The molecular formula is C21H28N2O5S. The summed E-state index contributed by atoms with van der Waals surface area (Å²) in [5, 5.41) is 2.73. The molecule has 7 nitrogen and oxygen atoms in total. The van der Waals surface area contributed by atoms with Crippen LogP contribution < -0.4 is 14.8 Å². The zero-order chi connectivity index (χ0) is 21.4. The lowest BCUT2D eigenvalue weighted by Crippen LogP contribution is -2.37. The number of aryl methyl sites for hydroxylation is 1. The van der Waals surface area contributed by atoms with Gasteiger partial charge in [0.1, 0.15) is 11.5 Å². The van der Waals surface area contributed by atoms with Crippen LogP contribution in [-0.4, -0.2) is 44.9 Å². The van der Waals surface area contributed by atoms with Gasteiger partial charge in [-0.2, -0.15) is 4.31 Å². The summed E-state index contributed by atoms with van der Waals surface area (Å²) in [5.41, 5.74) is 1.23. The molecule has 8 heteroatoms. The standard InChI is InChI=1S/C21H28N2O5S/c1-5-23(15-21(24)22-18-10-8-9-11-20(18)28-7-3)29(25,26)17-12-13-19(27-6-2)16(4)14-17/h8-14H,5-7,15H2,1-4H3,(H,22,24). The van der Waals surface area contributed by atoms with Crippen molar-refractivity contribution >= 4 is 21.6 Å². The number of amides is 1. The molecule has 0 aromatic heterocycles. The van der Waals surface area contributed by atoms with Crippen LogP contribution in [0.25, 0.3) is 0 Å². The van der Waals surface area contributed by atoms with Crippen LogP contribution >= 0.6 is 0 Å². The minimum atomic E-state index is -3.83. The van der Waals surface area contributed by atoms with Gasteiger partial charge >= 0.3 is 0 Å². The molecule has 1 amide bonds. The van der Waals surface area contributed by atoms with Gasteiger partial charge in [-0.15, -0.1) is 0 Å². The SMILES string of the molecule is CCOc1ccc(S(=O)(=O)N(CC)CC(=O)Nc2ccccc2OCC)cc1C. The quantitative estimate of drug-likeness (QED) is 0.636. The zero-order valence-electron chi connectivity index (χ0n) is 17.3. The lowest BCUT2D eigenvalue weighted by molar-refractivity contribution is -0.116. The molecule has 29 heavy (non-hydrogen) atoms. The third kappa shape index (κ3) is 5.71. The van der Waals surface area contributed by atoms with Gasteiger partial charge in [-0.25, -0.2) is 8.42 Å². The second-order valence-corrected chi connectivity index (χ2v) is 8.21. The number of nitrogens with zero attached hydrogens (tertiary/aromatic N) is 1. The molecule has 2 aromatic rings. The van der Waals surface area contributed by atoms with Crippen molar-refractivity contribution in [2.24, 2.45) is 0 Å². The minimum Gasteiger partial charge on any atom is -0.494 e. The van der Waals surface area contributed by atoms with Crippen molar-refractivity contribution in [1.29, 1.82) is 0 Å². The molecule has 0 saturated heterocycles. The average molecular weight is 421 g/mol. The number of sulfonamides is 1. The van der Waals surface area contributed by atoms with Gasteiger partial charge in [0.15, 0.2) is 0 Å². The molecule has 2 rings (SSSR count). The lowest BCUT2D eigenvalue weighted by atomic mass is 10.2. The summed E-state index contributed by atoms with van der Waals surface area (Å²) < 4.78 is 38.1. The summed E-state index contributed by atoms with van der Waals surface area (Å²) in [7, 11) is -3.83. The topological polar surface area (TPSA) is 84.9 Å². The third-order valence-electron chi connectivity index (χ3n) is 4.22. The van der Waals surface area contributed by atoms with Gasteiger partial charge in [0.2, 0.25) is 15.9 Å². The molecular weight excluding hydrogens is 392 g/mol. The summed E-state index contributed by atoms with van der Waals surface area (Å²) in [5.74, 6) is 0.737. The molecule has 158 valence electrons. The number of hydrogen-bond donors (Lipinski definition) is 1. The van der Waals surface area contributed by atoms with Crippen LogP contribution in [0.2, 0.25) is 0 Å². The number of carbonyl (C=O) groups is 1. The highest BCUT2D eigenvalue weighted by molar-refractivity contribution is 7.89. The molecule has 0 aliphatic rings. The lowest BCUT2D eigenvalue weighted by Gasteiger charge is -2.21. The highest BCUT2D eigenvalue weighted by Gasteiger charge is 2.26. The van der Waals surface area contributed by atoms with Crippen molar-refractivity contribution in [1.82, 2.24) is 4.31 Å². The Bertz CT molecular complexity index is 944. The van der Waals surface area contributed by atoms with Gasteiger partial charge in [-0.3, -0.25) is 4.79 Å². The maximum absolute atomic E-state index is 13.0. The van der Waals surface area contributed by atoms with Crippen molar-refractivity contribution in [3.05, 3.63) is 48.0 Å². The summed E-state index contributed by atoms with van der Waals surface area (Å²) >= 11 is 0. The van der Waals surface area contributed by atoms with E-state index in [-0.39, 0.29) is 18.0 Å². The summed E-state index contributed by atoms with van der Waals surface area (Å²) in [6.45, 7) is 8.02. The summed E-state index contributed by atoms with van der Waals surface area (Å²) in [6.07, 6.45) is 0. The van der Waals surface area contributed by atoms with Gasteiger partial charge in [0, 0.05) is 6.54 Å². The molecule has 0 bridgehead atoms. The maximum Gasteiger partial charge on any atom is 0.243 e. The van der Waals surface area contributed by atoms with Gasteiger partial charge in [0.25, 0.3) is 0 Å². The predicted octanol–water partition coefficient (Wildman–Crippen LogP) is 3.44.